The number of alkyl halides is 3. The SMILES string of the molecule is Nc1ccc([C@@H]2CCCN2)cc1OC(F)(F)F. The number of hydrogen-bond acceptors (Lipinski definition) is 3. The fraction of sp³-hybridized carbons (Fsp3) is 0.455. The molecule has 1 saturated heterocycles. The Kier molecular flexibility index (Phi) is 3.15. The molecule has 3 N–H and O–H groups in total. The first kappa shape index (κ1) is 12.0. The highest BCUT2D eigenvalue weighted by molar-refractivity contribution is 5.54. The lowest BCUT2D eigenvalue weighted by Gasteiger charge is -2.15. The third kappa shape index (κ3) is 3.03. The molecule has 0 aliphatic carbocycles. The van der Waals surface area contributed by atoms with Crippen LogP contribution in [0.3, 0.4) is 0 Å². The number of rotatable bonds is 2. The van der Waals surface area contributed by atoms with Gasteiger partial charge in [0.25, 0.3) is 0 Å². The van der Waals surface area contributed by atoms with Crippen LogP contribution in [0, 0.1) is 0 Å². The summed E-state index contributed by atoms with van der Waals surface area (Å²) in [7, 11) is 0. The van der Waals surface area contributed by atoms with Gasteiger partial charge in [0, 0.05) is 6.04 Å². The molecule has 1 fully saturated rings. The first-order valence-electron chi connectivity index (χ1n) is 5.34. The van der Waals surface area contributed by atoms with Crippen molar-refractivity contribution in [3.05, 3.63) is 23.8 Å². The summed E-state index contributed by atoms with van der Waals surface area (Å²) in [5.74, 6) is -0.330. The monoisotopic (exact) mass is 246 g/mol. The van der Waals surface area contributed by atoms with Gasteiger partial charge in [-0.1, -0.05) is 6.07 Å². The number of nitrogen functional groups attached to an aromatic ring is 1. The molecule has 0 bridgehead atoms. The van der Waals surface area contributed by atoms with Gasteiger partial charge in [-0.3, -0.25) is 0 Å². The van der Waals surface area contributed by atoms with Crippen LogP contribution in [-0.2, 0) is 0 Å². The smallest absolute Gasteiger partial charge is 0.404 e. The van der Waals surface area contributed by atoms with Crippen molar-refractivity contribution in [3.63, 3.8) is 0 Å². The zero-order valence-electron chi connectivity index (χ0n) is 9.05. The lowest BCUT2D eigenvalue weighted by atomic mass is 10.0. The highest BCUT2D eigenvalue weighted by Gasteiger charge is 2.32. The van der Waals surface area contributed by atoms with Crippen molar-refractivity contribution in [2.75, 3.05) is 12.3 Å². The van der Waals surface area contributed by atoms with Gasteiger partial charge in [0.2, 0.25) is 0 Å². The predicted octanol–water partition coefficient (Wildman–Crippen LogP) is 2.59. The first-order valence-corrected chi connectivity index (χ1v) is 5.34. The summed E-state index contributed by atoms with van der Waals surface area (Å²) in [4.78, 5) is 0. The topological polar surface area (TPSA) is 47.3 Å². The van der Waals surface area contributed by atoms with E-state index in [1.165, 1.54) is 12.1 Å². The minimum atomic E-state index is -4.71. The highest BCUT2D eigenvalue weighted by atomic mass is 19.4. The molecule has 1 aromatic rings. The zero-order chi connectivity index (χ0) is 12.5. The van der Waals surface area contributed by atoms with E-state index >= 15 is 0 Å². The molecular formula is C11H13F3N2O. The highest BCUT2D eigenvalue weighted by Crippen LogP contribution is 2.32. The number of ether oxygens (including phenoxy) is 1. The van der Waals surface area contributed by atoms with Crippen LogP contribution in [0.15, 0.2) is 18.2 Å². The van der Waals surface area contributed by atoms with Gasteiger partial charge in [0.05, 0.1) is 5.69 Å². The Morgan fingerprint density at radius 3 is 2.71 bits per heavy atom. The maximum atomic E-state index is 12.1. The van der Waals surface area contributed by atoms with Crippen LogP contribution in [0.1, 0.15) is 24.4 Å². The molecule has 0 spiro atoms. The van der Waals surface area contributed by atoms with E-state index < -0.39 is 6.36 Å². The van der Waals surface area contributed by atoms with Gasteiger partial charge in [-0.15, -0.1) is 13.2 Å². The van der Waals surface area contributed by atoms with E-state index in [1.807, 2.05) is 0 Å². The molecule has 0 saturated carbocycles. The number of hydrogen-bond donors (Lipinski definition) is 2. The van der Waals surface area contributed by atoms with Gasteiger partial charge in [0.15, 0.2) is 5.75 Å². The van der Waals surface area contributed by atoms with Gasteiger partial charge in [0.1, 0.15) is 0 Å². The molecule has 3 nitrogen and oxygen atoms in total. The van der Waals surface area contributed by atoms with Crippen molar-refractivity contribution < 1.29 is 17.9 Å². The van der Waals surface area contributed by atoms with Gasteiger partial charge in [-0.05, 0) is 37.1 Å². The summed E-state index contributed by atoms with van der Waals surface area (Å²) in [5.41, 5.74) is 6.21. The maximum absolute atomic E-state index is 12.1. The molecule has 94 valence electrons. The molecule has 0 aromatic heterocycles. The normalized spacial score (nSPS) is 20.5. The molecule has 1 atom stereocenters. The lowest BCUT2D eigenvalue weighted by molar-refractivity contribution is -0.274. The third-order valence-corrected chi connectivity index (χ3v) is 2.73. The molecule has 1 aliphatic heterocycles. The molecular weight excluding hydrogens is 233 g/mol. The van der Waals surface area contributed by atoms with E-state index in [0.717, 1.165) is 24.9 Å². The quantitative estimate of drug-likeness (QED) is 0.788. The summed E-state index contributed by atoms with van der Waals surface area (Å²) in [6.45, 7) is 0.879. The summed E-state index contributed by atoms with van der Waals surface area (Å²) in [6, 6.07) is 4.61. The number of benzene rings is 1. The Bertz CT molecular complexity index is 400. The molecule has 1 aliphatic rings. The van der Waals surface area contributed by atoms with Gasteiger partial charge in [-0.25, -0.2) is 0 Å². The second-order valence-electron chi connectivity index (χ2n) is 3.99. The van der Waals surface area contributed by atoms with Crippen LogP contribution in [0.5, 0.6) is 5.75 Å². The van der Waals surface area contributed by atoms with Crippen molar-refractivity contribution in [3.8, 4) is 5.75 Å². The molecule has 2 rings (SSSR count). The Balaban J connectivity index is 2.22. The van der Waals surface area contributed by atoms with Crippen molar-refractivity contribution in [2.24, 2.45) is 0 Å². The molecule has 0 amide bonds. The van der Waals surface area contributed by atoms with Gasteiger partial charge >= 0.3 is 6.36 Å². The molecule has 1 aromatic carbocycles. The second-order valence-corrected chi connectivity index (χ2v) is 3.99. The van der Waals surface area contributed by atoms with Gasteiger partial charge < -0.3 is 15.8 Å². The van der Waals surface area contributed by atoms with Crippen LogP contribution in [-0.4, -0.2) is 12.9 Å². The predicted molar refractivity (Wildman–Crippen MR) is 57.5 cm³/mol. The molecule has 0 radical (unpaired) electrons. The van der Waals surface area contributed by atoms with Crippen molar-refractivity contribution in [2.45, 2.75) is 25.2 Å². The van der Waals surface area contributed by atoms with E-state index in [-0.39, 0.29) is 17.5 Å². The van der Waals surface area contributed by atoms with Crippen LogP contribution < -0.4 is 15.8 Å². The minimum Gasteiger partial charge on any atom is -0.404 e. The average molecular weight is 246 g/mol. The summed E-state index contributed by atoms with van der Waals surface area (Å²) in [5, 5.41) is 3.20. The van der Waals surface area contributed by atoms with Crippen LogP contribution >= 0.6 is 0 Å². The minimum absolute atomic E-state index is 0.0101. The molecule has 17 heavy (non-hydrogen) atoms. The largest absolute Gasteiger partial charge is 0.573 e. The summed E-state index contributed by atoms with van der Waals surface area (Å²) >= 11 is 0. The third-order valence-electron chi connectivity index (χ3n) is 2.73. The Morgan fingerprint density at radius 1 is 1.35 bits per heavy atom. The fourth-order valence-corrected chi connectivity index (χ4v) is 1.95. The van der Waals surface area contributed by atoms with Crippen molar-refractivity contribution in [1.29, 1.82) is 0 Å². The second kappa shape index (κ2) is 4.44. The van der Waals surface area contributed by atoms with Crippen LogP contribution in [0.2, 0.25) is 0 Å². The standard InChI is InChI=1S/C11H13F3N2O/c12-11(13,14)17-10-6-7(3-4-8(10)15)9-2-1-5-16-9/h3-4,6,9,16H,1-2,5,15H2/t9-/m0/s1. The number of nitrogens with one attached hydrogen (secondary N) is 1. The maximum Gasteiger partial charge on any atom is 0.573 e. The summed E-state index contributed by atoms with van der Waals surface area (Å²) < 4.78 is 40.3. The van der Waals surface area contributed by atoms with E-state index in [0.29, 0.717) is 0 Å². The van der Waals surface area contributed by atoms with E-state index in [4.69, 9.17) is 5.73 Å². The molecule has 6 heteroatoms. The Morgan fingerprint density at radius 2 is 2.12 bits per heavy atom. The van der Waals surface area contributed by atoms with Crippen molar-refractivity contribution in [1.82, 2.24) is 5.32 Å². The van der Waals surface area contributed by atoms with E-state index in [2.05, 4.69) is 10.1 Å². The van der Waals surface area contributed by atoms with E-state index in [1.54, 1.807) is 6.07 Å². The Labute approximate surface area is 96.8 Å². The average Bonchev–Trinajstić information content (AvgIpc) is 2.72. The number of nitrogens with two attached hydrogens (primary N) is 1. The number of halogens is 3. The fourth-order valence-electron chi connectivity index (χ4n) is 1.95. The van der Waals surface area contributed by atoms with Crippen molar-refractivity contribution >= 4 is 5.69 Å². The molecule has 1 heterocycles. The van der Waals surface area contributed by atoms with Gasteiger partial charge in [-0.2, -0.15) is 0 Å². The Hall–Kier alpha value is -1.43. The van der Waals surface area contributed by atoms with E-state index in [9.17, 15) is 13.2 Å². The lowest BCUT2D eigenvalue weighted by Crippen LogP contribution is -2.19. The molecule has 0 unspecified atom stereocenters. The zero-order valence-corrected chi connectivity index (χ0v) is 9.05. The van der Waals surface area contributed by atoms with Crippen LogP contribution in [0.4, 0.5) is 18.9 Å². The van der Waals surface area contributed by atoms with Crippen LogP contribution in [0.25, 0.3) is 0 Å². The summed E-state index contributed by atoms with van der Waals surface area (Å²) in [6.07, 6.45) is -2.78. The first-order chi connectivity index (χ1) is 7.96. The number of anilines is 1.